The lowest BCUT2D eigenvalue weighted by Gasteiger charge is -2.31. The summed E-state index contributed by atoms with van der Waals surface area (Å²) in [5.41, 5.74) is 1.18. The topological polar surface area (TPSA) is 65.5 Å². The van der Waals surface area contributed by atoms with Crippen molar-refractivity contribution in [2.45, 2.75) is 51.9 Å². The molecule has 2 heterocycles. The highest BCUT2D eigenvalue weighted by Crippen LogP contribution is 2.34. The van der Waals surface area contributed by atoms with Crippen molar-refractivity contribution in [1.82, 2.24) is 9.88 Å². The Kier molecular flexibility index (Phi) is 5.54. The number of fused-ring (bicyclic) bond motifs is 1. The Bertz CT molecular complexity index is 546. The van der Waals surface area contributed by atoms with Gasteiger partial charge in [0.25, 0.3) is 0 Å². The molecule has 1 aliphatic carbocycles. The van der Waals surface area contributed by atoms with Crippen molar-refractivity contribution in [3.8, 4) is 0 Å². The summed E-state index contributed by atoms with van der Waals surface area (Å²) >= 11 is 1.64. The molecule has 1 aliphatic heterocycles. The van der Waals surface area contributed by atoms with E-state index < -0.39 is 0 Å². The number of carbonyl (C=O) groups is 1. The van der Waals surface area contributed by atoms with Crippen LogP contribution in [0.25, 0.3) is 0 Å². The first kappa shape index (κ1) is 16.7. The quantitative estimate of drug-likeness (QED) is 0.886. The number of amides is 2. The third-order valence-corrected chi connectivity index (χ3v) is 6.05. The molecular weight excluding hydrogens is 310 g/mol. The standard InChI is InChI=1S/C17H27N3O2S/c1-2-4-12-6-7-14-15(9-12)23-16(18-14)19-17(22)20-8-3-5-13(10-20)11-21/h12-13,21H,2-11H2,1H3,(H,18,19,22)/t12-,13-/m0/s1. The summed E-state index contributed by atoms with van der Waals surface area (Å²) in [5, 5.41) is 13.0. The zero-order valence-electron chi connectivity index (χ0n) is 13.9. The van der Waals surface area contributed by atoms with E-state index in [0.29, 0.717) is 6.54 Å². The highest BCUT2D eigenvalue weighted by Gasteiger charge is 2.26. The second kappa shape index (κ2) is 7.62. The van der Waals surface area contributed by atoms with Crippen molar-refractivity contribution in [3.63, 3.8) is 0 Å². The van der Waals surface area contributed by atoms with Crippen molar-refractivity contribution >= 4 is 22.5 Å². The molecule has 3 rings (SSSR count). The van der Waals surface area contributed by atoms with Crippen molar-refractivity contribution in [2.24, 2.45) is 11.8 Å². The first-order chi connectivity index (χ1) is 11.2. The minimum Gasteiger partial charge on any atom is -0.396 e. The van der Waals surface area contributed by atoms with Crippen molar-refractivity contribution < 1.29 is 9.90 Å². The number of aliphatic hydroxyl groups is 1. The lowest BCUT2D eigenvalue weighted by molar-refractivity contribution is 0.136. The summed E-state index contributed by atoms with van der Waals surface area (Å²) in [4.78, 5) is 20.2. The number of nitrogens with one attached hydrogen (secondary N) is 1. The number of aryl methyl sites for hydroxylation is 1. The van der Waals surface area contributed by atoms with Gasteiger partial charge in [-0.2, -0.15) is 0 Å². The highest BCUT2D eigenvalue weighted by atomic mass is 32.1. The molecular formula is C17H27N3O2S. The summed E-state index contributed by atoms with van der Waals surface area (Å²) in [6.45, 7) is 3.82. The number of anilines is 1. The zero-order chi connectivity index (χ0) is 16.2. The van der Waals surface area contributed by atoms with Crippen LogP contribution in [-0.4, -0.2) is 40.7 Å². The van der Waals surface area contributed by atoms with E-state index in [1.54, 1.807) is 11.3 Å². The molecule has 2 amide bonds. The van der Waals surface area contributed by atoms with Gasteiger partial charge in [-0.15, -0.1) is 11.3 Å². The molecule has 0 aromatic carbocycles. The van der Waals surface area contributed by atoms with Gasteiger partial charge in [0.15, 0.2) is 5.13 Å². The molecule has 0 unspecified atom stereocenters. The van der Waals surface area contributed by atoms with Crippen LogP contribution in [0.2, 0.25) is 0 Å². The Labute approximate surface area is 142 Å². The summed E-state index contributed by atoms with van der Waals surface area (Å²) in [6, 6.07) is -0.0700. The summed E-state index contributed by atoms with van der Waals surface area (Å²) < 4.78 is 0. The Morgan fingerprint density at radius 3 is 3.09 bits per heavy atom. The smallest absolute Gasteiger partial charge is 0.323 e. The average Bonchev–Trinajstić information content (AvgIpc) is 2.96. The molecule has 1 saturated heterocycles. The van der Waals surface area contributed by atoms with E-state index in [1.165, 1.54) is 29.8 Å². The van der Waals surface area contributed by atoms with Gasteiger partial charge >= 0.3 is 6.03 Å². The minimum atomic E-state index is -0.0700. The second-order valence-corrected chi connectivity index (χ2v) is 7.94. The van der Waals surface area contributed by atoms with Gasteiger partial charge in [0.05, 0.1) is 5.69 Å². The number of hydrogen-bond donors (Lipinski definition) is 2. The number of hydrogen-bond acceptors (Lipinski definition) is 4. The summed E-state index contributed by atoms with van der Waals surface area (Å²) in [7, 11) is 0. The molecule has 1 aromatic heterocycles. The maximum absolute atomic E-state index is 12.4. The fraction of sp³-hybridized carbons (Fsp3) is 0.765. The van der Waals surface area contributed by atoms with Crippen LogP contribution >= 0.6 is 11.3 Å². The van der Waals surface area contributed by atoms with E-state index in [9.17, 15) is 9.90 Å². The van der Waals surface area contributed by atoms with E-state index in [1.807, 2.05) is 4.90 Å². The molecule has 0 spiro atoms. The molecule has 2 aliphatic rings. The predicted octanol–water partition coefficient (Wildman–Crippen LogP) is 3.28. The van der Waals surface area contributed by atoms with Crippen LogP contribution in [0.1, 0.15) is 49.6 Å². The number of rotatable bonds is 4. The van der Waals surface area contributed by atoms with E-state index in [-0.39, 0.29) is 18.6 Å². The molecule has 128 valence electrons. The fourth-order valence-electron chi connectivity index (χ4n) is 3.72. The van der Waals surface area contributed by atoms with Crippen molar-refractivity contribution in [3.05, 3.63) is 10.6 Å². The molecule has 0 saturated carbocycles. The van der Waals surface area contributed by atoms with Crippen LogP contribution in [0.3, 0.4) is 0 Å². The van der Waals surface area contributed by atoms with Gasteiger partial charge in [-0.1, -0.05) is 19.8 Å². The number of aromatic nitrogens is 1. The van der Waals surface area contributed by atoms with Crippen molar-refractivity contribution in [1.29, 1.82) is 0 Å². The molecule has 0 radical (unpaired) electrons. The lowest BCUT2D eigenvalue weighted by Crippen LogP contribution is -2.43. The number of piperidine rings is 1. The third-order valence-electron chi connectivity index (χ3n) is 5.02. The first-order valence-corrected chi connectivity index (χ1v) is 9.66. The minimum absolute atomic E-state index is 0.0700. The summed E-state index contributed by atoms with van der Waals surface area (Å²) in [5.74, 6) is 0.998. The monoisotopic (exact) mass is 337 g/mol. The van der Waals surface area contributed by atoms with Crippen LogP contribution in [0.4, 0.5) is 9.93 Å². The molecule has 0 bridgehead atoms. The molecule has 2 N–H and O–H groups in total. The number of carbonyl (C=O) groups excluding carboxylic acids is 1. The summed E-state index contributed by atoms with van der Waals surface area (Å²) in [6.07, 6.45) is 7.88. The number of thiazole rings is 1. The second-order valence-electron chi connectivity index (χ2n) is 6.85. The Hall–Kier alpha value is -1.14. The van der Waals surface area contributed by atoms with Gasteiger partial charge in [-0.3, -0.25) is 5.32 Å². The van der Waals surface area contributed by atoms with E-state index >= 15 is 0 Å². The largest absolute Gasteiger partial charge is 0.396 e. The van der Waals surface area contributed by atoms with Gasteiger partial charge < -0.3 is 10.0 Å². The molecule has 5 nitrogen and oxygen atoms in total. The van der Waals surface area contributed by atoms with E-state index in [4.69, 9.17) is 0 Å². The first-order valence-electron chi connectivity index (χ1n) is 8.85. The van der Waals surface area contributed by atoms with Gasteiger partial charge in [-0.05, 0) is 43.9 Å². The maximum atomic E-state index is 12.4. The van der Waals surface area contributed by atoms with E-state index in [0.717, 1.165) is 43.3 Å². The number of likely N-dealkylation sites (tertiary alicyclic amines) is 1. The predicted molar refractivity (Wildman–Crippen MR) is 92.9 cm³/mol. The van der Waals surface area contributed by atoms with Crippen LogP contribution in [0.5, 0.6) is 0 Å². The zero-order valence-corrected chi connectivity index (χ0v) is 14.7. The Balaban J connectivity index is 1.59. The van der Waals surface area contributed by atoms with Gasteiger partial charge in [0, 0.05) is 24.6 Å². The molecule has 1 aromatic rings. The number of aliphatic hydroxyl groups excluding tert-OH is 1. The highest BCUT2D eigenvalue weighted by molar-refractivity contribution is 7.15. The van der Waals surface area contributed by atoms with E-state index in [2.05, 4.69) is 17.2 Å². The average molecular weight is 337 g/mol. The van der Waals surface area contributed by atoms with Crippen LogP contribution in [-0.2, 0) is 12.8 Å². The fourth-order valence-corrected chi connectivity index (χ4v) is 4.83. The van der Waals surface area contributed by atoms with Crippen LogP contribution in [0, 0.1) is 11.8 Å². The van der Waals surface area contributed by atoms with Crippen LogP contribution < -0.4 is 5.32 Å². The molecule has 2 atom stereocenters. The normalized spacial score (nSPS) is 24.3. The van der Waals surface area contributed by atoms with Gasteiger partial charge in [0.1, 0.15) is 0 Å². The van der Waals surface area contributed by atoms with Gasteiger partial charge in [-0.25, -0.2) is 9.78 Å². The molecule has 23 heavy (non-hydrogen) atoms. The SMILES string of the molecule is CCC[C@H]1CCc2nc(NC(=O)N3CCC[C@H](CO)C3)sc2C1. The number of nitrogens with zero attached hydrogens (tertiary/aromatic N) is 2. The van der Waals surface area contributed by atoms with Crippen LogP contribution in [0.15, 0.2) is 0 Å². The Morgan fingerprint density at radius 2 is 2.30 bits per heavy atom. The molecule has 1 fully saturated rings. The third kappa shape index (κ3) is 4.04. The lowest BCUT2D eigenvalue weighted by atomic mass is 9.88. The maximum Gasteiger partial charge on any atom is 0.323 e. The Morgan fingerprint density at radius 1 is 1.43 bits per heavy atom. The van der Waals surface area contributed by atoms with Crippen molar-refractivity contribution in [2.75, 3.05) is 25.0 Å². The molecule has 6 heteroatoms. The number of urea groups is 1. The van der Waals surface area contributed by atoms with Gasteiger partial charge in [0.2, 0.25) is 0 Å².